The smallest absolute Gasteiger partial charge is 0.229 e. The monoisotopic (exact) mass is 394 g/mol. The van der Waals surface area contributed by atoms with Crippen LogP contribution in [0.25, 0.3) is 0 Å². The van der Waals surface area contributed by atoms with Gasteiger partial charge in [-0.15, -0.1) is 0 Å². The van der Waals surface area contributed by atoms with Crippen LogP contribution >= 0.6 is 0 Å². The summed E-state index contributed by atoms with van der Waals surface area (Å²) in [6.07, 6.45) is 2.03. The van der Waals surface area contributed by atoms with Crippen LogP contribution in [-0.4, -0.2) is 24.5 Å². The molecule has 29 heavy (non-hydrogen) atoms. The highest BCUT2D eigenvalue weighted by Crippen LogP contribution is 2.29. The maximum absolute atomic E-state index is 12.9. The van der Waals surface area contributed by atoms with Crippen LogP contribution < -0.4 is 15.0 Å². The van der Waals surface area contributed by atoms with Crippen molar-refractivity contribution in [1.82, 2.24) is 0 Å². The number of rotatable bonds is 7. The molecule has 2 aromatic carbocycles. The van der Waals surface area contributed by atoms with Crippen LogP contribution in [0.3, 0.4) is 0 Å². The minimum Gasteiger partial charge on any atom is -0.491 e. The Balaban J connectivity index is 1.71. The van der Waals surface area contributed by atoms with Crippen molar-refractivity contribution in [3.8, 4) is 5.75 Å². The van der Waals surface area contributed by atoms with E-state index in [1.165, 1.54) is 0 Å². The molecule has 0 unspecified atom stereocenters. The zero-order chi connectivity index (χ0) is 21.0. The SMILES string of the molecule is CCc1cccc(CC)c1NC(=O)[C@@H]1CC(=O)N(c2ccc(OC(C)C)cc2)C1. The van der Waals surface area contributed by atoms with E-state index in [9.17, 15) is 9.59 Å². The Morgan fingerprint density at radius 2 is 1.72 bits per heavy atom. The number of hydrogen-bond acceptors (Lipinski definition) is 3. The van der Waals surface area contributed by atoms with E-state index < -0.39 is 0 Å². The van der Waals surface area contributed by atoms with E-state index in [2.05, 4.69) is 19.2 Å². The number of anilines is 2. The van der Waals surface area contributed by atoms with E-state index in [-0.39, 0.29) is 30.3 Å². The van der Waals surface area contributed by atoms with Crippen molar-refractivity contribution in [1.29, 1.82) is 0 Å². The lowest BCUT2D eigenvalue weighted by molar-refractivity contribution is -0.122. The number of hydrogen-bond donors (Lipinski definition) is 1. The topological polar surface area (TPSA) is 58.6 Å². The average Bonchev–Trinajstić information content (AvgIpc) is 3.10. The van der Waals surface area contributed by atoms with Crippen molar-refractivity contribution < 1.29 is 14.3 Å². The van der Waals surface area contributed by atoms with Gasteiger partial charge in [-0.2, -0.15) is 0 Å². The number of ether oxygens (including phenoxy) is 1. The molecule has 3 rings (SSSR count). The first-order valence-electron chi connectivity index (χ1n) is 10.4. The molecule has 1 aliphatic heterocycles. The molecule has 2 aromatic rings. The van der Waals surface area contributed by atoms with Crippen molar-refractivity contribution >= 4 is 23.2 Å². The largest absolute Gasteiger partial charge is 0.491 e. The highest BCUT2D eigenvalue weighted by molar-refractivity contribution is 6.04. The number of benzene rings is 2. The Kier molecular flexibility index (Phi) is 6.57. The van der Waals surface area contributed by atoms with Gasteiger partial charge in [0, 0.05) is 24.3 Å². The highest BCUT2D eigenvalue weighted by Gasteiger charge is 2.35. The molecular weight excluding hydrogens is 364 g/mol. The van der Waals surface area contributed by atoms with Gasteiger partial charge in [-0.3, -0.25) is 9.59 Å². The third-order valence-corrected chi connectivity index (χ3v) is 5.26. The molecule has 1 atom stereocenters. The van der Waals surface area contributed by atoms with Crippen molar-refractivity contribution in [2.24, 2.45) is 5.92 Å². The summed E-state index contributed by atoms with van der Waals surface area (Å²) in [5.74, 6) is 0.301. The van der Waals surface area contributed by atoms with Crippen LogP contribution in [0.15, 0.2) is 42.5 Å². The summed E-state index contributed by atoms with van der Waals surface area (Å²) < 4.78 is 5.66. The van der Waals surface area contributed by atoms with E-state index >= 15 is 0 Å². The lowest BCUT2D eigenvalue weighted by atomic mass is 10.0. The van der Waals surface area contributed by atoms with Gasteiger partial charge >= 0.3 is 0 Å². The van der Waals surface area contributed by atoms with Crippen LogP contribution in [0, 0.1) is 5.92 Å². The minimum atomic E-state index is -0.358. The van der Waals surface area contributed by atoms with Crippen molar-refractivity contribution in [2.45, 2.75) is 53.1 Å². The molecule has 0 bridgehead atoms. The molecule has 0 aromatic heterocycles. The molecule has 1 heterocycles. The molecule has 0 saturated carbocycles. The van der Waals surface area contributed by atoms with Gasteiger partial charge in [-0.05, 0) is 62.1 Å². The number of nitrogens with one attached hydrogen (secondary N) is 1. The molecule has 2 amide bonds. The predicted octanol–water partition coefficient (Wildman–Crippen LogP) is 4.59. The second-order valence-electron chi connectivity index (χ2n) is 7.71. The summed E-state index contributed by atoms with van der Waals surface area (Å²) >= 11 is 0. The van der Waals surface area contributed by atoms with Crippen LogP contribution in [0.2, 0.25) is 0 Å². The zero-order valence-corrected chi connectivity index (χ0v) is 17.7. The fourth-order valence-corrected chi connectivity index (χ4v) is 3.74. The second-order valence-corrected chi connectivity index (χ2v) is 7.71. The fourth-order valence-electron chi connectivity index (χ4n) is 3.74. The van der Waals surface area contributed by atoms with Gasteiger partial charge in [0.15, 0.2) is 0 Å². The van der Waals surface area contributed by atoms with Crippen LogP contribution in [0.5, 0.6) is 5.75 Å². The summed E-state index contributed by atoms with van der Waals surface area (Å²) in [5.41, 5.74) is 3.95. The summed E-state index contributed by atoms with van der Waals surface area (Å²) in [7, 11) is 0. The molecule has 1 saturated heterocycles. The molecule has 1 aliphatic rings. The van der Waals surface area contributed by atoms with E-state index in [0.29, 0.717) is 6.54 Å². The molecule has 0 spiro atoms. The maximum atomic E-state index is 12.9. The highest BCUT2D eigenvalue weighted by atomic mass is 16.5. The van der Waals surface area contributed by atoms with E-state index in [1.807, 2.05) is 56.3 Å². The van der Waals surface area contributed by atoms with Crippen molar-refractivity contribution in [2.75, 3.05) is 16.8 Å². The number of amides is 2. The molecule has 0 radical (unpaired) electrons. The summed E-state index contributed by atoms with van der Waals surface area (Å²) in [6.45, 7) is 8.50. The Morgan fingerprint density at radius 1 is 1.10 bits per heavy atom. The normalized spacial score (nSPS) is 16.4. The van der Waals surface area contributed by atoms with Gasteiger partial charge in [0.2, 0.25) is 11.8 Å². The van der Waals surface area contributed by atoms with Gasteiger partial charge in [-0.1, -0.05) is 32.0 Å². The Bertz CT molecular complexity index is 852. The number of nitrogens with zero attached hydrogens (tertiary/aromatic N) is 1. The first-order valence-corrected chi connectivity index (χ1v) is 10.4. The Hall–Kier alpha value is -2.82. The molecule has 1 fully saturated rings. The molecule has 5 nitrogen and oxygen atoms in total. The fraction of sp³-hybridized carbons (Fsp3) is 0.417. The molecular formula is C24H30N2O3. The summed E-state index contributed by atoms with van der Waals surface area (Å²) in [4.78, 5) is 27.2. The summed E-state index contributed by atoms with van der Waals surface area (Å²) in [5, 5.41) is 3.11. The predicted molar refractivity (Wildman–Crippen MR) is 116 cm³/mol. The third-order valence-electron chi connectivity index (χ3n) is 5.26. The molecule has 0 aliphatic carbocycles. The lowest BCUT2D eigenvalue weighted by Gasteiger charge is -2.19. The maximum Gasteiger partial charge on any atom is 0.229 e. The van der Waals surface area contributed by atoms with Crippen molar-refractivity contribution in [3.05, 3.63) is 53.6 Å². The lowest BCUT2D eigenvalue weighted by Crippen LogP contribution is -2.28. The Morgan fingerprint density at radius 3 is 2.28 bits per heavy atom. The van der Waals surface area contributed by atoms with Crippen molar-refractivity contribution in [3.63, 3.8) is 0 Å². The molecule has 154 valence electrons. The quantitative estimate of drug-likeness (QED) is 0.747. The van der Waals surface area contributed by atoms with Crippen LogP contribution in [-0.2, 0) is 22.4 Å². The first-order chi connectivity index (χ1) is 13.9. The number of carbonyl (C=O) groups is 2. The summed E-state index contributed by atoms with van der Waals surface area (Å²) in [6, 6.07) is 13.6. The Labute approximate surface area is 173 Å². The second kappa shape index (κ2) is 9.12. The molecule has 1 N–H and O–H groups in total. The standard InChI is InChI=1S/C24H30N2O3/c1-5-17-8-7-9-18(6-2)23(17)25-24(28)19-14-22(27)26(15-19)20-10-12-21(13-11-20)29-16(3)4/h7-13,16,19H,5-6,14-15H2,1-4H3,(H,25,28)/t19-/m1/s1. The van der Waals surface area contributed by atoms with Gasteiger partial charge in [0.25, 0.3) is 0 Å². The van der Waals surface area contributed by atoms with Gasteiger partial charge in [0.1, 0.15) is 5.75 Å². The van der Waals surface area contributed by atoms with Gasteiger partial charge in [-0.25, -0.2) is 0 Å². The first kappa shape index (κ1) is 20.9. The average molecular weight is 395 g/mol. The minimum absolute atomic E-state index is 0.0258. The number of aryl methyl sites for hydroxylation is 2. The third kappa shape index (κ3) is 4.78. The van der Waals surface area contributed by atoms with Gasteiger partial charge < -0.3 is 15.0 Å². The van der Waals surface area contributed by atoms with Crippen LogP contribution in [0.1, 0.15) is 45.2 Å². The van der Waals surface area contributed by atoms with Gasteiger partial charge in [0.05, 0.1) is 12.0 Å². The number of para-hydroxylation sites is 1. The zero-order valence-electron chi connectivity index (χ0n) is 17.7. The molecule has 5 heteroatoms. The van der Waals surface area contributed by atoms with Crippen LogP contribution in [0.4, 0.5) is 11.4 Å². The van der Waals surface area contributed by atoms with E-state index in [0.717, 1.165) is 41.1 Å². The van der Waals surface area contributed by atoms with E-state index in [1.54, 1.807) is 4.90 Å². The van der Waals surface area contributed by atoms with E-state index in [4.69, 9.17) is 4.74 Å². The number of carbonyl (C=O) groups excluding carboxylic acids is 2.